The van der Waals surface area contributed by atoms with E-state index in [4.69, 9.17) is 5.11 Å². The van der Waals surface area contributed by atoms with E-state index in [1.807, 2.05) is 4.72 Å². The zero-order chi connectivity index (χ0) is 16.9. The van der Waals surface area contributed by atoms with Gasteiger partial charge < -0.3 is 9.84 Å². The number of aliphatic carboxylic acids is 1. The molecular formula is C13H16FNO6S. The fourth-order valence-corrected chi connectivity index (χ4v) is 3.23. The van der Waals surface area contributed by atoms with Gasteiger partial charge in [-0.15, -0.1) is 0 Å². The number of sulfonamides is 1. The summed E-state index contributed by atoms with van der Waals surface area (Å²) in [5, 5.41) is 9.00. The third kappa shape index (κ3) is 4.01. The Labute approximate surface area is 127 Å². The molecular weight excluding hydrogens is 317 g/mol. The maximum atomic E-state index is 13.8. The summed E-state index contributed by atoms with van der Waals surface area (Å²) in [4.78, 5) is 22.0. The van der Waals surface area contributed by atoms with E-state index in [2.05, 4.69) is 4.74 Å². The monoisotopic (exact) mass is 333 g/mol. The highest BCUT2D eigenvalue weighted by atomic mass is 32.2. The quantitative estimate of drug-likeness (QED) is 0.724. The van der Waals surface area contributed by atoms with E-state index < -0.39 is 44.3 Å². The van der Waals surface area contributed by atoms with Gasteiger partial charge in [-0.1, -0.05) is 19.4 Å². The molecule has 0 amide bonds. The van der Waals surface area contributed by atoms with E-state index in [-0.39, 0.29) is 6.42 Å². The van der Waals surface area contributed by atoms with E-state index in [9.17, 15) is 22.4 Å². The van der Waals surface area contributed by atoms with Gasteiger partial charge in [0.1, 0.15) is 17.4 Å². The van der Waals surface area contributed by atoms with Crippen molar-refractivity contribution in [1.29, 1.82) is 0 Å². The highest BCUT2D eigenvalue weighted by Crippen LogP contribution is 2.20. The second-order valence-corrected chi connectivity index (χ2v) is 6.09. The van der Waals surface area contributed by atoms with Gasteiger partial charge in [-0.05, 0) is 18.6 Å². The average Bonchev–Trinajstić information content (AvgIpc) is 2.45. The lowest BCUT2D eigenvalue weighted by Gasteiger charge is -2.15. The molecule has 1 aromatic rings. The second-order valence-electron chi connectivity index (χ2n) is 4.41. The zero-order valence-electron chi connectivity index (χ0n) is 12.0. The second kappa shape index (κ2) is 7.32. The molecule has 0 fully saturated rings. The van der Waals surface area contributed by atoms with E-state index in [0.717, 1.165) is 25.3 Å². The molecule has 1 unspecified atom stereocenters. The fourth-order valence-electron chi connectivity index (χ4n) is 1.80. The third-order valence-corrected chi connectivity index (χ3v) is 4.34. The van der Waals surface area contributed by atoms with E-state index >= 15 is 0 Å². The number of carboxylic acids is 1. The van der Waals surface area contributed by atoms with Crippen LogP contribution < -0.4 is 4.72 Å². The number of carbonyl (C=O) groups excluding carboxylic acids is 1. The lowest BCUT2D eigenvalue weighted by atomic mass is 10.2. The number of nitrogens with one attached hydrogen (secondary N) is 1. The number of halogens is 1. The van der Waals surface area contributed by atoms with Crippen LogP contribution in [0.3, 0.4) is 0 Å². The summed E-state index contributed by atoms with van der Waals surface area (Å²) >= 11 is 0. The van der Waals surface area contributed by atoms with E-state index in [1.165, 1.54) is 0 Å². The van der Waals surface area contributed by atoms with Gasteiger partial charge in [0, 0.05) is 0 Å². The molecule has 9 heteroatoms. The summed E-state index contributed by atoms with van der Waals surface area (Å²) in [6.45, 7) is 1.69. The molecule has 0 bridgehead atoms. The summed E-state index contributed by atoms with van der Waals surface area (Å²) in [7, 11) is -3.42. The first-order chi connectivity index (χ1) is 10.2. The number of esters is 1. The average molecular weight is 333 g/mol. The van der Waals surface area contributed by atoms with Crippen LogP contribution in [0.1, 0.15) is 30.1 Å². The predicted molar refractivity (Wildman–Crippen MR) is 74.4 cm³/mol. The van der Waals surface area contributed by atoms with Gasteiger partial charge in [0.05, 0.1) is 12.0 Å². The van der Waals surface area contributed by atoms with Crippen molar-refractivity contribution in [2.24, 2.45) is 0 Å². The molecule has 0 aromatic heterocycles. The van der Waals surface area contributed by atoms with Crippen molar-refractivity contribution in [3.8, 4) is 0 Å². The first-order valence-electron chi connectivity index (χ1n) is 6.36. The highest BCUT2D eigenvalue weighted by molar-refractivity contribution is 7.89. The van der Waals surface area contributed by atoms with Gasteiger partial charge in [0.2, 0.25) is 10.0 Å². The van der Waals surface area contributed by atoms with Crippen LogP contribution in [0.15, 0.2) is 23.1 Å². The van der Waals surface area contributed by atoms with Crippen molar-refractivity contribution in [2.75, 3.05) is 7.11 Å². The Kier molecular flexibility index (Phi) is 6.01. The Morgan fingerprint density at radius 1 is 1.41 bits per heavy atom. The number of benzene rings is 1. The lowest BCUT2D eigenvalue weighted by molar-refractivity contribution is -0.139. The van der Waals surface area contributed by atoms with Crippen LogP contribution in [-0.4, -0.2) is 38.6 Å². The van der Waals surface area contributed by atoms with Crippen molar-refractivity contribution in [2.45, 2.75) is 30.7 Å². The van der Waals surface area contributed by atoms with Gasteiger partial charge in [-0.25, -0.2) is 17.6 Å². The van der Waals surface area contributed by atoms with E-state index in [0.29, 0.717) is 6.42 Å². The summed E-state index contributed by atoms with van der Waals surface area (Å²) in [5.41, 5.74) is -0.766. The predicted octanol–water partition coefficient (Wildman–Crippen LogP) is 1.14. The number of hydrogen-bond acceptors (Lipinski definition) is 5. The third-order valence-electron chi connectivity index (χ3n) is 2.83. The van der Waals surface area contributed by atoms with Gasteiger partial charge in [0.15, 0.2) is 0 Å². The highest BCUT2D eigenvalue weighted by Gasteiger charge is 2.30. The molecule has 1 rings (SSSR count). The molecule has 122 valence electrons. The van der Waals surface area contributed by atoms with Crippen molar-refractivity contribution in [1.82, 2.24) is 4.72 Å². The molecule has 0 saturated heterocycles. The lowest BCUT2D eigenvalue weighted by Crippen LogP contribution is -2.41. The summed E-state index contributed by atoms with van der Waals surface area (Å²) < 4.78 is 44.6. The fraction of sp³-hybridized carbons (Fsp3) is 0.385. The molecule has 0 radical (unpaired) electrons. The van der Waals surface area contributed by atoms with Crippen LogP contribution in [0.25, 0.3) is 0 Å². The van der Waals surface area contributed by atoms with Gasteiger partial charge in [-0.3, -0.25) is 4.79 Å². The number of rotatable bonds is 7. The minimum Gasteiger partial charge on any atom is -0.480 e. The van der Waals surface area contributed by atoms with Crippen molar-refractivity contribution in [3.05, 3.63) is 29.6 Å². The number of methoxy groups -OCH3 is 1. The number of hydrogen-bond donors (Lipinski definition) is 2. The molecule has 7 nitrogen and oxygen atoms in total. The summed E-state index contributed by atoms with van der Waals surface area (Å²) in [5.74, 6) is -3.60. The first kappa shape index (κ1) is 18.1. The molecule has 0 aliphatic carbocycles. The Bertz CT molecular complexity index is 673. The van der Waals surface area contributed by atoms with Crippen molar-refractivity contribution < 1.29 is 32.2 Å². The zero-order valence-corrected chi connectivity index (χ0v) is 12.8. The van der Waals surface area contributed by atoms with Gasteiger partial charge in [0.25, 0.3) is 0 Å². The topological polar surface area (TPSA) is 110 Å². The largest absolute Gasteiger partial charge is 0.480 e. The molecule has 0 saturated carbocycles. The SMILES string of the molecule is CCCC(NS(=O)(=O)c1cccc(F)c1C(=O)OC)C(=O)O. The number of ether oxygens (including phenoxy) is 1. The molecule has 1 aromatic carbocycles. The van der Waals surface area contributed by atoms with Crippen LogP contribution in [0.2, 0.25) is 0 Å². The first-order valence-corrected chi connectivity index (χ1v) is 7.84. The summed E-state index contributed by atoms with van der Waals surface area (Å²) in [6.07, 6.45) is 0.476. The van der Waals surface area contributed by atoms with Crippen LogP contribution in [0, 0.1) is 5.82 Å². The smallest absolute Gasteiger partial charge is 0.342 e. The molecule has 1 atom stereocenters. The van der Waals surface area contributed by atoms with Crippen LogP contribution in [0.5, 0.6) is 0 Å². The maximum Gasteiger partial charge on any atom is 0.342 e. The standard InChI is InChI=1S/C13H16FNO6S/c1-3-5-9(12(16)17)15-22(19,20)10-7-4-6-8(14)11(10)13(18)21-2/h4,6-7,9,15H,3,5H2,1-2H3,(H,16,17). The van der Waals surface area contributed by atoms with Crippen LogP contribution >= 0.6 is 0 Å². The Hall–Kier alpha value is -2.00. The molecule has 0 aliphatic heterocycles. The minimum absolute atomic E-state index is 0.0530. The maximum absolute atomic E-state index is 13.8. The van der Waals surface area contributed by atoms with Crippen LogP contribution in [-0.2, 0) is 19.6 Å². The molecule has 2 N–H and O–H groups in total. The van der Waals surface area contributed by atoms with E-state index in [1.54, 1.807) is 6.92 Å². The Balaban J connectivity index is 3.31. The Morgan fingerprint density at radius 3 is 2.55 bits per heavy atom. The molecule has 0 heterocycles. The molecule has 0 aliphatic rings. The van der Waals surface area contributed by atoms with Crippen LogP contribution in [0.4, 0.5) is 4.39 Å². The normalized spacial score (nSPS) is 12.7. The van der Waals surface area contributed by atoms with Crippen molar-refractivity contribution >= 4 is 22.0 Å². The van der Waals surface area contributed by atoms with Gasteiger partial charge >= 0.3 is 11.9 Å². The Morgan fingerprint density at radius 2 is 2.05 bits per heavy atom. The van der Waals surface area contributed by atoms with Crippen molar-refractivity contribution in [3.63, 3.8) is 0 Å². The molecule has 22 heavy (non-hydrogen) atoms. The summed E-state index contributed by atoms with van der Waals surface area (Å²) in [6, 6.07) is 1.64. The minimum atomic E-state index is -4.41. The number of carboxylic acid groups (broad SMARTS) is 1. The number of carbonyl (C=O) groups is 2. The van der Waals surface area contributed by atoms with Gasteiger partial charge in [-0.2, -0.15) is 4.72 Å². The molecule has 0 spiro atoms.